The van der Waals surface area contributed by atoms with Gasteiger partial charge in [0.05, 0.1) is 17.8 Å². The van der Waals surface area contributed by atoms with Gasteiger partial charge in [0, 0.05) is 31.7 Å². The van der Waals surface area contributed by atoms with E-state index < -0.39 is 0 Å². The minimum absolute atomic E-state index is 0.156. The number of nitrogens with one attached hydrogen (secondary N) is 1. The maximum atomic E-state index is 12.4. The summed E-state index contributed by atoms with van der Waals surface area (Å²) in [5.41, 5.74) is 9.67. The highest BCUT2D eigenvalue weighted by Gasteiger charge is 2.13. The third-order valence-corrected chi connectivity index (χ3v) is 3.28. The summed E-state index contributed by atoms with van der Waals surface area (Å²) in [5, 5.41) is 2.89. The van der Waals surface area contributed by atoms with E-state index in [1.807, 2.05) is 44.1 Å². The quantitative estimate of drug-likeness (QED) is 0.842. The van der Waals surface area contributed by atoms with Crippen LogP contribution in [-0.2, 0) is 6.54 Å². The Morgan fingerprint density at radius 2 is 2.10 bits per heavy atom. The number of benzene rings is 1. The van der Waals surface area contributed by atoms with Gasteiger partial charge in [0.15, 0.2) is 0 Å². The first kappa shape index (κ1) is 14.8. The van der Waals surface area contributed by atoms with Crippen LogP contribution in [0, 0.1) is 6.92 Å². The first-order valence-corrected chi connectivity index (χ1v) is 6.74. The Hall–Kier alpha value is -2.56. The molecule has 0 fully saturated rings. The number of carbonyl (C=O) groups excluding carboxylic acids is 1. The molecule has 0 radical (unpaired) electrons. The molecule has 0 atom stereocenters. The van der Waals surface area contributed by atoms with Crippen LogP contribution in [0.25, 0.3) is 0 Å². The smallest absolute Gasteiger partial charge is 0.253 e. The molecule has 1 heterocycles. The fourth-order valence-electron chi connectivity index (χ4n) is 2.09. The van der Waals surface area contributed by atoms with Crippen molar-refractivity contribution >= 4 is 17.3 Å². The molecule has 0 aliphatic rings. The number of hydrogen-bond donors (Lipinski definition) is 2. The summed E-state index contributed by atoms with van der Waals surface area (Å²) in [6.07, 6.45) is 1.72. The highest BCUT2D eigenvalue weighted by molar-refractivity contribution is 6.00. The first-order chi connectivity index (χ1) is 9.99. The van der Waals surface area contributed by atoms with E-state index >= 15 is 0 Å². The van der Waals surface area contributed by atoms with Crippen molar-refractivity contribution in [1.29, 1.82) is 0 Å². The van der Waals surface area contributed by atoms with Gasteiger partial charge in [-0.1, -0.05) is 6.07 Å². The molecule has 5 heteroatoms. The summed E-state index contributed by atoms with van der Waals surface area (Å²) >= 11 is 0. The van der Waals surface area contributed by atoms with Gasteiger partial charge >= 0.3 is 0 Å². The lowest BCUT2D eigenvalue weighted by Crippen LogP contribution is -2.26. The van der Waals surface area contributed by atoms with E-state index in [1.54, 1.807) is 18.3 Å². The lowest BCUT2D eigenvalue weighted by Gasteiger charge is -2.17. The van der Waals surface area contributed by atoms with Crippen LogP contribution in [0.2, 0.25) is 0 Å². The first-order valence-electron chi connectivity index (χ1n) is 6.74. The van der Waals surface area contributed by atoms with Crippen LogP contribution < -0.4 is 16.0 Å². The predicted octanol–water partition coefficient (Wildman–Crippen LogP) is 1.97. The Balaban J connectivity index is 2.17. The summed E-state index contributed by atoms with van der Waals surface area (Å²) < 4.78 is 0. The number of aryl methyl sites for hydroxylation is 1. The molecule has 0 spiro atoms. The van der Waals surface area contributed by atoms with E-state index in [0.29, 0.717) is 17.8 Å². The highest BCUT2D eigenvalue weighted by Crippen LogP contribution is 2.21. The van der Waals surface area contributed by atoms with Gasteiger partial charge < -0.3 is 16.0 Å². The van der Waals surface area contributed by atoms with Gasteiger partial charge in [0.25, 0.3) is 5.91 Å². The molecule has 1 aromatic carbocycles. The molecule has 0 saturated carbocycles. The molecule has 110 valence electrons. The molecular weight excluding hydrogens is 264 g/mol. The third-order valence-electron chi connectivity index (χ3n) is 3.28. The van der Waals surface area contributed by atoms with E-state index in [-0.39, 0.29) is 5.91 Å². The van der Waals surface area contributed by atoms with Gasteiger partial charge in [-0.2, -0.15) is 0 Å². The van der Waals surface area contributed by atoms with Gasteiger partial charge in [-0.05, 0) is 36.8 Å². The van der Waals surface area contributed by atoms with E-state index in [4.69, 9.17) is 5.73 Å². The van der Waals surface area contributed by atoms with Crippen LogP contribution in [-0.4, -0.2) is 25.0 Å². The third kappa shape index (κ3) is 3.51. The van der Waals surface area contributed by atoms with Crippen molar-refractivity contribution in [3.8, 4) is 0 Å². The maximum Gasteiger partial charge on any atom is 0.253 e. The average Bonchev–Trinajstić information content (AvgIpc) is 2.45. The number of nitrogens with two attached hydrogens (primary N) is 1. The molecule has 1 aromatic heterocycles. The molecule has 5 nitrogen and oxygen atoms in total. The minimum atomic E-state index is -0.156. The standard InChI is InChI=1S/C16H20N4O/c1-11-5-4-8-18-14(11)10-19-16(21)13-9-12(17)6-7-15(13)20(2)3/h4-9H,10,17H2,1-3H3,(H,19,21). The Kier molecular flexibility index (Phi) is 4.42. The van der Waals surface area contributed by atoms with Crippen LogP contribution in [0.15, 0.2) is 36.5 Å². The zero-order valence-corrected chi connectivity index (χ0v) is 12.6. The summed E-state index contributed by atoms with van der Waals surface area (Å²) in [4.78, 5) is 18.5. The van der Waals surface area contributed by atoms with Crippen LogP contribution in [0.4, 0.5) is 11.4 Å². The molecule has 0 unspecified atom stereocenters. The zero-order chi connectivity index (χ0) is 15.4. The van der Waals surface area contributed by atoms with E-state index in [1.165, 1.54) is 0 Å². The van der Waals surface area contributed by atoms with Crippen molar-refractivity contribution in [2.75, 3.05) is 24.7 Å². The highest BCUT2D eigenvalue weighted by atomic mass is 16.1. The molecular formula is C16H20N4O. The number of hydrogen-bond acceptors (Lipinski definition) is 4. The molecule has 1 amide bonds. The Bertz CT molecular complexity index is 652. The Morgan fingerprint density at radius 1 is 1.33 bits per heavy atom. The Labute approximate surface area is 124 Å². The van der Waals surface area contributed by atoms with Crippen LogP contribution in [0.1, 0.15) is 21.6 Å². The average molecular weight is 284 g/mol. The number of aromatic nitrogens is 1. The van der Waals surface area contributed by atoms with Gasteiger partial charge in [-0.15, -0.1) is 0 Å². The van der Waals surface area contributed by atoms with Crippen molar-refractivity contribution in [2.24, 2.45) is 0 Å². The largest absolute Gasteiger partial charge is 0.399 e. The van der Waals surface area contributed by atoms with Gasteiger partial charge in [-0.25, -0.2) is 0 Å². The van der Waals surface area contributed by atoms with Gasteiger partial charge in [-0.3, -0.25) is 9.78 Å². The molecule has 0 bridgehead atoms. The molecule has 21 heavy (non-hydrogen) atoms. The summed E-state index contributed by atoms with van der Waals surface area (Å²) in [5.74, 6) is -0.156. The second-order valence-electron chi connectivity index (χ2n) is 5.12. The molecule has 2 rings (SSSR count). The fourth-order valence-corrected chi connectivity index (χ4v) is 2.09. The number of anilines is 2. The number of pyridine rings is 1. The lowest BCUT2D eigenvalue weighted by atomic mass is 10.1. The fraction of sp³-hybridized carbons (Fsp3) is 0.250. The van der Waals surface area contributed by atoms with E-state index in [2.05, 4.69) is 10.3 Å². The molecule has 3 N–H and O–H groups in total. The second-order valence-corrected chi connectivity index (χ2v) is 5.12. The number of nitrogens with zero attached hydrogens (tertiary/aromatic N) is 2. The summed E-state index contributed by atoms with van der Waals surface area (Å²) in [6.45, 7) is 2.37. The second kappa shape index (κ2) is 6.26. The van der Waals surface area contributed by atoms with Gasteiger partial charge in [0.2, 0.25) is 0 Å². The minimum Gasteiger partial charge on any atom is -0.399 e. The van der Waals surface area contributed by atoms with Crippen molar-refractivity contribution in [3.63, 3.8) is 0 Å². The molecule has 0 saturated heterocycles. The van der Waals surface area contributed by atoms with Gasteiger partial charge in [0.1, 0.15) is 0 Å². The van der Waals surface area contributed by atoms with Crippen molar-refractivity contribution in [3.05, 3.63) is 53.3 Å². The number of amides is 1. The number of nitrogen functional groups attached to an aromatic ring is 1. The normalized spacial score (nSPS) is 10.2. The lowest BCUT2D eigenvalue weighted by molar-refractivity contribution is 0.0951. The van der Waals surface area contributed by atoms with Crippen molar-refractivity contribution in [1.82, 2.24) is 10.3 Å². The molecule has 0 aliphatic heterocycles. The van der Waals surface area contributed by atoms with Crippen molar-refractivity contribution < 1.29 is 4.79 Å². The maximum absolute atomic E-state index is 12.4. The monoisotopic (exact) mass is 284 g/mol. The van der Waals surface area contributed by atoms with Crippen LogP contribution >= 0.6 is 0 Å². The van der Waals surface area contributed by atoms with Crippen molar-refractivity contribution in [2.45, 2.75) is 13.5 Å². The topological polar surface area (TPSA) is 71.2 Å². The predicted molar refractivity (Wildman–Crippen MR) is 85.3 cm³/mol. The SMILES string of the molecule is Cc1cccnc1CNC(=O)c1cc(N)ccc1N(C)C. The summed E-state index contributed by atoms with van der Waals surface area (Å²) in [6, 6.07) is 9.17. The number of rotatable bonds is 4. The van der Waals surface area contributed by atoms with Crippen LogP contribution in [0.3, 0.4) is 0 Å². The Morgan fingerprint density at radius 3 is 2.76 bits per heavy atom. The van der Waals surface area contributed by atoms with E-state index in [9.17, 15) is 4.79 Å². The summed E-state index contributed by atoms with van der Waals surface area (Å²) in [7, 11) is 3.79. The zero-order valence-electron chi connectivity index (χ0n) is 12.6. The molecule has 0 aliphatic carbocycles. The van der Waals surface area contributed by atoms with Crippen LogP contribution in [0.5, 0.6) is 0 Å². The molecule has 2 aromatic rings. The van der Waals surface area contributed by atoms with E-state index in [0.717, 1.165) is 16.9 Å². The number of carbonyl (C=O) groups is 1.